The van der Waals surface area contributed by atoms with Crippen LogP contribution in [0.15, 0.2) is 5.11 Å². The molecule has 0 aromatic heterocycles. The Labute approximate surface area is 188 Å². The van der Waals surface area contributed by atoms with Gasteiger partial charge in [0.2, 0.25) is 11.8 Å². The molecule has 0 aromatic carbocycles. The van der Waals surface area contributed by atoms with Crippen molar-refractivity contribution < 1.29 is 28.7 Å². The topological polar surface area (TPSA) is 184 Å². The zero-order chi connectivity index (χ0) is 25.1. The molecule has 0 spiro atoms. The Kier molecular flexibility index (Phi) is 11.3. The first-order chi connectivity index (χ1) is 14.5. The van der Waals surface area contributed by atoms with Gasteiger partial charge in [-0.25, -0.2) is 9.59 Å². The van der Waals surface area contributed by atoms with E-state index in [4.69, 9.17) is 15.0 Å². The first-order valence-corrected chi connectivity index (χ1v) is 10.1. The van der Waals surface area contributed by atoms with Gasteiger partial charge in [0.15, 0.2) is 0 Å². The minimum atomic E-state index is -0.899. The number of nitrogens with one attached hydrogen (secondary N) is 4. The van der Waals surface area contributed by atoms with Gasteiger partial charge in [0, 0.05) is 18.0 Å². The van der Waals surface area contributed by atoms with Gasteiger partial charge in [-0.2, -0.15) is 0 Å². The van der Waals surface area contributed by atoms with Gasteiger partial charge < -0.3 is 30.7 Å². The van der Waals surface area contributed by atoms with Crippen molar-refractivity contribution in [2.45, 2.75) is 84.7 Å². The van der Waals surface area contributed by atoms with E-state index in [0.29, 0.717) is 0 Å². The summed E-state index contributed by atoms with van der Waals surface area (Å²) >= 11 is 0. The fourth-order valence-electron chi connectivity index (χ4n) is 2.07. The summed E-state index contributed by atoms with van der Waals surface area (Å²) in [5.41, 5.74) is 7.31. The molecule has 0 radical (unpaired) electrons. The van der Waals surface area contributed by atoms with Crippen LogP contribution in [-0.4, -0.2) is 66.4 Å². The van der Waals surface area contributed by atoms with E-state index in [0.717, 1.165) is 0 Å². The molecule has 4 N–H and O–H groups in total. The van der Waals surface area contributed by atoms with Crippen molar-refractivity contribution in [1.82, 2.24) is 21.3 Å². The Morgan fingerprint density at radius 3 is 1.44 bits per heavy atom. The van der Waals surface area contributed by atoms with Crippen LogP contribution in [0.3, 0.4) is 0 Å². The van der Waals surface area contributed by atoms with Crippen LogP contribution in [0.4, 0.5) is 9.59 Å². The van der Waals surface area contributed by atoms with Crippen molar-refractivity contribution in [3.05, 3.63) is 10.4 Å². The summed E-state index contributed by atoms with van der Waals surface area (Å²) in [5.74, 6) is -1.06. The van der Waals surface area contributed by atoms with Gasteiger partial charge in [0.1, 0.15) is 23.3 Å². The number of hydrogen-bond donors (Lipinski definition) is 4. The third kappa shape index (κ3) is 13.9. The van der Waals surface area contributed by atoms with Crippen LogP contribution < -0.4 is 21.3 Å². The number of carbonyl (C=O) groups is 4. The minimum absolute atomic E-state index is 0.0859. The van der Waals surface area contributed by atoms with E-state index < -0.39 is 53.3 Å². The normalized spacial score (nSPS) is 13.2. The van der Waals surface area contributed by atoms with Crippen molar-refractivity contribution >= 4 is 24.0 Å². The second-order valence-electron chi connectivity index (χ2n) is 9.08. The second kappa shape index (κ2) is 12.6. The summed E-state index contributed by atoms with van der Waals surface area (Å²) in [7, 11) is 0. The van der Waals surface area contributed by atoms with Gasteiger partial charge >= 0.3 is 12.2 Å². The molecular weight excluding hydrogens is 422 g/mol. The van der Waals surface area contributed by atoms with Crippen LogP contribution in [-0.2, 0) is 19.1 Å². The van der Waals surface area contributed by atoms with E-state index in [1.54, 1.807) is 41.5 Å². The lowest BCUT2D eigenvalue weighted by molar-refractivity contribution is -0.122. The lowest BCUT2D eigenvalue weighted by atomic mass is 10.2. The fraction of sp³-hybridized carbons (Fsp3) is 0.789. The summed E-state index contributed by atoms with van der Waals surface area (Å²) in [5, 5.41) is 13.4. The molecule has 0 aliphatic rings. The van der Waals surface area contributed by atoms with Crippen LogP contribution in [0.1, 0.15) is 55.4 Å². The molecule has 0 rings (SSSR count). The van der Waals surface area contributed by atoms with Crippen molar-refractivity contribution in [3.8, 4) is 0 Å². The van der Waals surface area contributed by atoms with Gasteiger partial charge in [-0.3, -0.25) is 9.59 Å². The average Bonchev–Trinajstić information content (AvgIpc) is 2.59. The van der Waals surface area contributed by atoms with E-state index in [-0.39, 0.29) is 13.1 Å². The van der Waals surface area contributed by atoms with Crippen molar-refractivity contribution in [2.75, 3.05) is 13.1 Å². The molecule has 0 heterocycles. The maximum atomic E-state index is 12.2. The van der Waals surface area contributed by atoms with E-state index >= 15 is 0 Å². The van der Waals surface area contributed by atoms with Gasteiger partial charge in [-0.1, -0.05) is 5.11 Å². The SMILES string of the molecule is C[C@H](NC(=O)OC(C)(C)C)C(=O)NCC(CNC(=O)[C@H](C)NC(=O)OC(C)(C)C)N=[N+]=[N-]. The predicted octanol–water partition coefficient (Wildman–Crippen LogP) is 1.72. The van der Waals surface area contributed by atoms with E-state index in [1.165, 1.54) is 13.8 Å². The number of hydrogen-bond acceptors (Lipinski definition) is 7. The number of nitrogens with zero attached hydrogens (tertiary/aromatic N) is 3. The van der Waals surface area contributed by atoms with E-state index in [2.05, 4.69) is 31.3 Å². The molecule has 182 valence electrons. The Hall–Kier alpha value is -3.21. The zero-order valence-electron chi connectivity index (χ0n) is 19.9. The smallest absolute Gasteiger partial charge is 0.408 e. The second-order valence-corrected chi connectivity index (χ2v) is 9.08. The summed E-state index contributed by atoms with van der Waals surface area (Å²) in [6, 6.07) is -2.59. The molecule has 0 unspecified atom stereocenters. The van der Waals surface area contributed by atoms with Crippen LogP contribution in [0.25, 0.3) is 10.4 Å². The number of carbonyl (C=O) groups excluding carboxylic acids is 4. The maximum absolute atomic E-state index is 12.2. The highest BCUT2D eigenvalue weighted by Crippen LogP contribution is 2.07. The lowest BCUT2D eigenvalue weighted by Gasteiger charge is -2.22. The molecule has 13 nitrogen and oxygen atoms in total. The molecular formula is C19H35N7O6. The van der Waals surface area contributed by atoms with E-state index in [9.17, 15) is 19.2 Å². The number of amides is 4. The first kappa shape index (κ1) is 28.8. The van der Waals surface area contributed by atoms with Crippen LogP contribution >= 0.6 is 0 Å². The maximum Gasteiger partial charge on any atom is 0.408 e. The van der Waals surface area contributed by atoms with Gasteiger partial charge in [-0.15, -0.1) is 0 Å². The molecule has 0 fully saturated rings. The van der Waals surface area contributed by atoms with Crippen molar-refractivity contribution in [3.63, 3.8) is 0 Å². The summed E-state index contributed by atoms with van der Waals surface area (Å²) < 4.78 is 10.2. The predicted molar refractivity (Wildman–Crippen MR) is 117 cm³/mol. The minimum Gasteiger partial charge on any atom is -0.444 e. The molecule has 0 saturated heterocycles. The highest BCUT2D eigenvalue weighted by atomic mass is 16.6. The average molecular weight is 458 g/mol. The molecule has 0 aliphatic carbocycles. The molecule has 2 atom stereocenters. The van der Waals surface area contributed by atoms with E-state index in [1.807, 2.05) is 0 Å². The summed E-state index contributed by atoms with van der Waals surface area (Å²) in [6.45, 7) is 12.9. The molecule has 0 aliphatic heterocycles. The molecule has 0 saturated carbocycles. The summed E-state index contributed by atoms with van der Waals surface area (Å²) in [4.78, 5) is 50.5. The number of azide groups is 1. The summed E-state index contributed by atoms with van der Waals surface area (Å²) in [6.07, 6.45) is -1.49. The number of ether oxygens (including phenoxy) is 2. The van der Waals surface area contributed by atoms with Crippen LogP contribution in [0.2, 0.25) is 0 Å². The third-order valence-electron chi connectivity index (χ3n) is 3.49. The Bertz CT molecular complexity index is 671. The lowest BCUT2D eigenvalue weighted by Crippen LogP contribution is -2.50. The van der Waals surface area contributed by atoms with Crippen LogP contribution in [0.5, 0.6) is 0 Å². The molecule has 32 heavy (non-hydrogen) atoms. The Morgan fingerprint density at radius 1 is 0.812 bits per heavy atom. The van der Waals surface area contributed by atoms with Gasteiger partial charge in [-0.05, 0) is 60.9 Å². The molecule has 0 aromatic rings. The monoisotopic (exact) mass is 457 g/mol. The highest BCUT2D eigenvalue weighted by molar-refractivity contribution is 5.86. The van der Waals surface area contributed by atoms with Crippen LogP contribution in [0, 0.1) is 0 Å². The Balaban J connectivity index is 4.59. The first-order valence-electron chi connectivity index (χ1n) is 10.1. The third-order valence-corrected chi connectivity index (χ3v) is 3.49. The largest absolute Gasteiger partial charge is 0.444 e. The van der Waals surface area contributed by atoms with Gasteiger partial charge in [0.25, 0.3) is 0 Å². The quantitative estimate of drug-likeness (QED) is 0.232. The van der Waals surface area contributed by atoms with Crippen molar-refractivity contribution in [2.24, 2.45) is 5.11 Å². The standard InChI is InChI=1S/C19H35N7O6/c1-11(23-16(29)31-18(3,4)5)14(27)21-9-13(25-26-20)10-22-15(28)12(2)24-17(30)32-19(6,7)8/h11-13H,9-10H2,1-8H3,(H,21,27)(H,22,28)(H,23,29)(H,24,30)/t11-,12-/m0/s1. The zero-order valence-corrected chi connectivity index (χ0v) is 19.9. The molecule has 4 amide bonds. The Morgan fingerprint density at radius 2 is 1.16 bits per heavy atom. The van der Waals surface area contributed by atoms with Gasteiger partial charge in [0.05, 0.1) is 6.04 Å². The number of rotatable bonds is 9. The number of alkyl carbamates (subject to hydrolysis) is 2. The molecule has 13 heteroatoms. The highest BCUT2D eigenvalue weighted by Gasteiger charge is 2.23. The molecule has 0 bridgehead atoms. The van der Waals surface area contributed by atoms with Crippen molar-refractivity contribution in [1.29, 1.82) is 0 Å². The fourth-order valence-corrected chi connectivity index (χ4v) is 2.07.